The Kier molecular flexibility index (Phi) is 5.73. The molecule has 0 aliphatic carbocycles. The summed E-state index contributed by atoms with van der Waals surface area (Å²) in [7, 11) is 1.58. The predicted molar refractivity (Wildman–Crippen MR) is 96.1 cm³/mol. The number of imide groups is 2. The van der Waals surface area contributed by atoms with Gasteiger partial charge in [0.2, 0.25) is 5.91 Å². The number of hydrogen-bond donors (Lipinski definition) is 1. The Bertz CT molecular complexity index is 902. The minimum Gasteiger partial charge on any atom is -0.463 e. The Balaban J connectivity index is 1.73. The predicted octanol–water partition coefficient (Wildman–Crippen LogP) is 0.0904. The molecule has 0 bridgehead atoms. The second-order valence-electron chi connectivity index (χ2n) is 6.76. The number of rotatable bonds is 6. The largest absolute Gasteiger partial charge is 0.463 e. The summed E-state index contributed by atoms with van der Waals surface area (Å²) >= 11 is 0. The smallest absolute Gasteiger partial charge is 0.322 e. The number of likely N-dealkylation sites (N-methyl/N-ethyl adjacent to an activating group) is 1. The van der Waals surface area contributed by atoms with Gasteiger partial charge in [-0.1, -0.05) is 6.07 Å². The van der Waals surface area contributed by atoms with Crippen LogP contribution in [0.5, 0.6) is 0 Å². The van der Waals surface area contributed by atoms with Crippen LogP contribution < -0.4 is 5.32 Å². The van der Waals surface area contributed by atoms with Crippen molar-refractivity contribution in [2.45, 2.75) is 31.8 Å². The van der Waals surface area contributed by atoms with E-state index in [0.717, 1.165) is 11.0 Å². The number of benzene rings is 1. The summed E-state index contributed by atoms with van der Waals surface area (Å²) in [6, 6.07) is 1.92. The average molecular weight is 405 g/mol. The number of esters is 1. The fourth-order valence-electron chi connectivity index (χ4n) is 3.32. The Hall–Kier alpha value is -3.14. The van der Waals surface area contributed by atoms with Gasteiger partial charge in [0.05, 0.1) is 17.7 Å². The van der Waals surface area contributed by atoms with E-state index >= 15 is 0 Å². The van der Waals surface area contributed by atoms with Crippen LogP contribution in [-0.4, -0.2) is 71.7 Å². The topological polar surface area (TPSA) is 113 Å². The second-order valence-corrected chi connectivity index (χ2v) is 6.76. The van der Waals surface area contributed by atoms with Crippen LogP contribution in [0, 0.1) is 5.82 Å². The fourth-order valence-corrected chi connectivity index (χ4v) is 3.32. The van der Waals surface area contributed by atoms with Gasteiger partial charge in [-0.2, -0.15) is 0 Å². The highest BCUT2D eigenvalue weighted by atomic mass is 19.1. The van der Waals surface area contributed by atoms with E-state index in [1.165, 1.54) is 12.1 Å². The summed E-state index contributed by atoms with van der Waals surface area (Å²) in [4.78, 5) is 63.5. The number of halogens is 1. The summed E-state index contributed by atoms with van der Waals surface area (Å²) in [5, 5.41) is 2.70. The SMILES string of the molecule is CN[C@@H](C)C(=O)OCCN1C(=O)CCC(N2C(=O)c3cccc(F)c3C2=O)C1=O. The van der Waals surface area contributed by atoms with Crippen molar-refractivity contribution < 1.29 is 33.1 Å². The number of hydrogen-bond acceptors (Lipinski definition) is 7. The van der Waals surface area contributed by atoms with Crippen molar-refractivity contribution in [1.82, 2.24) is 15.1 Å². The van der Waals surface area contributed by atoms with Crippen molar-refractivity contribution in [3.8, 4) is 0 Å². The van der Waals surface area contributed by atoms with Crippen molar-refractivity contribution in [2.24, 2.45) is 0 Å². The van der Waals surface area contributed by atoms with Crippen molar-refractivity contribution in [1.29, 1.82) is 0 Å². The average Bonchev–Trinajstić information content (AvgIpc) is 2.95. The molecule has 0 radical (unpaired) electrons. The normalized spacial score (nSPS) is 20.2. The molecule has 1 unspecified atom stereocenters. The van der Waals surface area contributed by atoms with Gasteiger partial charge < -0.3 is 10.1 Å². The molecular weight excluding hydrogens is 385 g/mol. The van der Waals surface area contributed by atoms with Crippen LogP contribution in [0.3, 0.4) is 0 Å². The number of nitrogens with one attached hydrogen (secondary N) is 1. The standard InChI is InChI=1S/C19H20FN3O6/c1-10(21-2)19(28)29-9-8-22-14(24)7-6-13(17(22)26)23-16(25)11-4-3-5-12(20)15(11)18(23)27/h3-5,10,13,21H,6-9H2,1-2H3/t10-,13?/m0/s1. The van der Waals surface area contributed by atoms with Gasteiger partial charge in [-0.05, 0) is 32.5 Å². The van der Waals surface area contributed by atoms with Gasteiger partial charge in [0.25, 0.3) is 17.7 Å². The Labute approximate surface area is 165 Å². The molecule has 1 aromatic rings. The van der Waals surface area contributed by atoms with Gasteiger partial charge in [-0.3, -0.25) is 33.8 Å². The van der Waals surface area contributed by atoms with Gasteiger partial charge in [0.1, 0.15) is 24.5 Å². The van der Waals surface area contributed by atoms with Gasteiger partial charge in [-0.15, -0.1) is 0 Å². The second kappa shape index (κ2) is 8.08. The zero-order valence-corrected chi connectivity index (χ0v) is 15.9. The van der Waals surface area contributed by atoms with Gasteiger partial charge >= 0.3 is 5.97 Å². The molecule has 154 valence electrons. The van der Waals surface area contributed by atoms with Crippen LogP contribution in [0.25, 0.3) is 0 Å². The van der Waals surface area contributed by atoms with Gasteiger partial charge in [0, 0.05) is 6.42 Å². The molecule has 10 heteroatoms. The molecule has 2 aliphatic rings. The van der Waals surface area contributed by atoms with E-state index in [2.05, 4.69) is 5.32 Å². The molecule has 1 aromatic carbocycles. The first-order valence-corrected chi connectivity index (χ1v) is 9.12. The van der Waals surface area contributed by atoms with Crippen LogP contribution in [0.15, 0.2) is 18.2 Å². The van der Waals surface area contributed by atoms with Crippen molar-refractivity contribution >= 4 is 29.6 Å². The van der Waals surface area contributed by atoms with Crippen LogP contribution in [0.1, 0.15) is 40.5 Å². The van der Waals surface area contributed by atoms with E-state index in [9.17, 15) is 28.4 Å². The summed E-state index contributed by atoms with van der Waals surface area (Å²) in [6.07, 6.45) is -0.120. The van der Waals surface area contributed by atoms with E-state index in [0.29, 0.717) is 4.90 Å². The Morgan fingerprint density at radius 1 is 1.28 bits per heavy atom. The molecule has 4 amide bonds. The fraction of sp³-hybridized carbons (Fsp3) is 0.421. The number of likely N-dealkylation sites (tertiary alicyclic amines) is 1. The summed E-state index contributed by atoms with van der Waals surface area (Å²) in [5.74, 6) is -4.31. The maximum absolute atomic E-state index is 14.0. The summed E-state index contributed by atoms with van der Waals surface area (Å²) in [5.41, 5.74) is -0.482. The van der Waals surface area contributed by atoms with Crippen molar-refractivity contribution in [3.05, 3.63) is 35.1 Å². The van der Waals surface area contributed by atoms with E-state index in [4.69, 9.17) is 4.74 Å². The van der Waals surface area contributed by atoms with Crippen molar-refractivity contribution in [3.63, 3.8) is 0 Å². The molecular formula is C19H20FN3O6. The number of carbonyl (C=O) groups is 5. The molecule has 9 nitrogen and oxygen atoms in total. The number of carbonyl (C=O) groups excluding carboxylic acids is 5. The van der Waals surface area contributed by atoms with E-state index in [1.54, 1.807) is 14.0 Å². The number of nitrogens with zero attached hydrogens (tertiary/aromatic N) is 2. The quantitative estimate of drug-likeness (QED) is 0.527. The molecule has 2 aliphatic heterocycles. The third-order valence-corrected chi connectivity index (χ3v) is 5.04. The minimum atomic E-state index is -1.22. The summed E-state index contributed by atoms with van der Waals surface area (Å²) < 4.78 is 19.0. The number of piperidine rings is 1. The Morgan fingerprint density at radius 2 is 2.00 bits per heavy atom. The number of fused-ring (bicyclic) bond motifs is 1. The van der Waals surface area contributed by atoms with E-state index in [1.807, 2.05) is 0 Å². The highest BCUT2D eigenvalue weighted by Gasteiger charge is 2.47. The van der Waals surface area contributed by atoms with Crippen molar-refractivity contribution in [2.75, 3.05) is 20.2 Å². The molecule has 2 heterocycles. The lowest BCUT2D eigenvalue weighted by atomic mass is 10.0. The molecule has 29 heavy (non-hydrogen) atoms. The maximum Gasteiger partial charge on any atom is 0.322 e. The number of ether oxygens (including phenoxy) is 1. The first-order chi connectivity index (χ1) is 13.8. The zero-order chi connectivity index (χ0) is 21.3. The summed E-state index contributed by atoms with van der Waals surface area (Å²) in [6.45, 7) is 1.18. The maximum atomic E-state index is 14.0. The third-order valence-electron chi connectivity index (χ3n) is 5.04. The van der Waals surface area contributed by atoms with Crippen LogP contribution in [0.2, 0.25) is 0 Å². The molecule has 1 fully saturated rings. The molecule has 0 aromatic heterocycles. The van der Waals surface area contributed by atoms with Crippen LogP contribution in [0.4, 0.5) is 4.39 Å². The monoisotopic (exact) mass is 405 g/mol. The van der Waals surface area contributed by atoms with Crippen LogP contribution in [-0.2, 0) is 19.1 Å². The third kappa shape index (κ3) is 3.63. The molecule has 0 spiro atoms. The van der Waals surface area contributed by atoms with Gasteiger partial charge in [-0.25, -0.2) is 4.39 Å². The molecule has 0 saturated carbocycles. The van der Waals surface area contributed by atoms with E-state index in [-0.39, 0.29) is 37.1 Å². The number of amides is 4. The first-order valence-electron chi connectivity index (χ1n) is 9.12. The minimum absolute atomic E-state index is 0.0438. The first kappa shape index (κ1) is 20.6. The molecule has 1 N–H and O–H groups in total. The van der Waals surface area contributed by atoms with E-state index < -0.39 is 47.5 Å². The van der Waals surface area contributed by atoms with Gasteiger partial charge in [0.15, 0.2) is 0 Å². The zero-order valence-electron chi connectivity index (χ0n) is 15.9. The molecule has 2 atom stereocenters. The molecule has 1 saturated heterocycles. The molecule has 3 rings (SSSR count). The highest BCUT2D eigenvalue weighted by molar-refractivity contribution is 6.23. The van der Waals surface area contributed by atoms with Crippen LogP contribution >= 0.6 is 0 Å². The lowest BCUT2D eigenvalue weighted by Gasteiger charge is -2.34. The Morgan fingerprint density at radius 3 is 2.66 bits per heavy atom. The lowest BCUT2D eigenvalue weighted by Crippen LogP contribution is -2.56. The highest BCUT2D eigenvalue weighted by Crippen LogP contribution is 2.30. The lowest BCUT2D eigenvalue weighted by molar-refractivity contribution is -0.156.